The minimum atomic E-state index is -0.592. The van der Waals surface area contributed by atoms with Crippen molar-refractivity contribution >= 4 is 28.6 Å². The van der Waals surface area contributed by atoms with E-state index in [9.17, 15) is 9.18 Å². The van der Waals surface area contributed by atoms with Gasteiger partial charge in [0.1, 0.15) is 22.8 Å². The summed E-state index contributed by atoms with van der Waals surface area (Å²) in [4.78, 5) is 33.3. The smallest absolute Gasteiger partial charge is 0.272 e. The lowest BCUT2D eigenvalue weighted by Crippen LogP contribution is -2.22. The van der Waals surface area contributed by atoms with Crippen LogP contribution in [0.15, 0.2) is 36.8 Å². The number of carbonyl (C=O) groups excluding carboxylic acids is 1. The molecule has 0 atom stereocenters. The molecule has 0 unspecified atom stereocenters. The lowest BCUT2D eigenvalue weighted by atomic mass is 10.1. The summed E-state index contributed by atoms with van der Waals surface area (Å²) in [7, 11) is 6.26. The van der Waals surface area contributed by atoms with Gasteiger partial charge in [0.2, 0.25) is 17.8 Å². The first-order chi connectivity index (χ1) is 15.4. The van der Waals surface area contributed by atoms with Crippen LogP contribution in [0.4, 0.5) is 16.0 Å². The first-order valence-electron chi connectivity index (χ1n) is 9.49. The number of ether oxygens (including phenoxy) is 2. The molecule has 0 saturated heterocycles. The number of pyridine rings is 2. The van der Waals surface area contributed by atoms with Crippen LogP contribution >= 0.6 is 0 Å². The molecule has 0 radical (unpaired) electrons. The largest absolute Gasteiger partial charge is 0.494 e. The fourth-order valence-corrected chi connectivity index (χ4v) is 3.17. The van der Waals surface area contributed by atoms with Crippen molar-refractivity contribution in [2.24, 2.45) is 0 Å². The molecule has 0 aliphatic rings. The lowest BCUT2D eigenvalue weighted by Gasteiger charge is -2.14. The lowest BCUT2D eigenvalue weighted by molar-refractivity contribution is 0.0821. The van der Waals surface area contributed by atoms with E-state index in [0.29, 0.717) is 33.6 Å². The molecular formula is C21H20FN7O3. The molecular weight excluding hydrogens is 417 g/mol. The molecule has 2 N–H and O–H groups in total. The van der Waals surface area contributed by atoms with Crippen LogP contribution in [-0.2, 0) is 0 Å². The van der Waals surface area contributed by atoms with Crippen molar-refractivity contribution in [1.82, 2.24) is 29.8 Å². The molecule has 164 valence electrons. The normalized spacial score (nSPS) is 10.8. The highest BCUT2D eigenvalue weighted by Gasteiger charge is 2.18. The van der Waals surface area contributed by atoms with E-state index >= 15 is 0 Å². The molecule has 0 saturated carbocycles. The number of carbonyl (C=O) groups is 1. The number of anilines is 2. The van der Waals surface area contributed by atoms with Crippen molar-refractivity contribution in [1.29, 1.82) is 0 Å². The van der Waals surface area contributed by atoms with Gasteiger partial charge in [-0.3, -0.25) is 4.79 Å². The molecule has 0 spiro atoms. The van der Waals surface area contributed by atoms with Gasteiger partial charge in [-0.05, 0) is 11.6 Å². The summed E-state index contributed by atoms with van der Waals surface area (Å²) in [5, 5.41) is 3.64. The van der Waals surface area contributed by atoms with Gasteiger partial charge >= 0.3 is 0 Å². The van der Waals surface area contributed by atoms with Gasteiger partial charge in [0.15, 0.2) is 0 Å². The minimum Gasteiger partial charge on any atom is -0.494 e. The van der Waals surface area contributed by atoms with E-state index in [0.717, 1.165) is 0 Å². The number of fused-ring (bicyclic) bond motifs is 1. The summed E-state index contributed by atoms with van der Waals surface area (Å²) in [6, 6.07) is 4.54. The number of aromatic amines is 1. The van der Waals surface area contributed by atoms with Crippen molar-refractivity contribution in [2.45, 2.75) is 0 Å². The number of hydrogen-bond acceptors (Lipinski definition) is 8. The Balaban J connectivity index is 1.73. The highest BCUT2D eigenvalue weighted by molar-refractivity contribution is 5.98. The standard InChI is InChI=1S/C21H20FN7O3/c1-29(2)20(30)13-8-15(31-3)14(10-24-13)26-21-27-18-17(19(28-21)32-4)12(9-25-18)11-5-6-23-16(22)7-11/h5-10H,1-4H3,(H2,25,26,27,28). The van der Waals surface area contributed by atoms with Crippen molar-refractivity contribution in [3.63, 3.8) is 0 Å². The fraction of sp³-hybridized carbons (Fsp3) is 0.190. The summed E-state index contributed by atoms with van der Waals surface area (Å²) in [5.74, 6) is 0.0616. The van der Waals surface area contributed by atoms with Gasteiger partial charge < -0.3 is 24.7 Å². The Morgan fingerprint density at radius 1 is 1.16 bits per heavy atom. The first-order valence-corrected chi connectivity index (χ1v) is 9.49. The van der Waals surface area contributed by atoms with Crippen LogP contribution in [0.1, 0.15) is 10.5 Å². The number of halogens is 1. The Morgan fingerprint density at radius 3 is 2.66 bits per heavy atom. The summed E-state index contributed by atoms with van der Waals surface area (Å²) < 4.78 is 24.5. The minimum absolute atomic E-state index is 0.218. The molecule has 32 heavy (non-hydrogen) atoms. The van der Waals surface area contributed by atoms with Crippen molar-refractivity contribution < 1.29 is 18.7 Å². The Kier molecular flexibility index (Phi) is 5.54. The molecule has 10 nitrogen and oxygen atoms in total. The zero-order valence-corrected chi connectivity index (χ0v) is 17.8. The van der Waals surface area contributed by atoms with E-state index in [2.05, 4.69) is 30.2 Å². The Morgan fingerprint density at radius 2 is 1.97 bits per heavy atom. The zero-order valence-electron chi connectivity index (χ0n) is 17.8. The van der Waals surface area contributed by atoms with Crippen molar-refractivity contribution in [3.05, 3.63) is 48.4 Å². The fourth-order valence-electron chi connectivity index (χ4n) is 3.17. The Labute approximate surface area is 182 Å². The van der Waals surface area contributed by atoms with Gasteiger partial charge in [0.25, 0.3) is 5.91 Å². The van der Waals surface area contributed by atoms with Gasteiger partial charge in [-0.25, -0.2) is 9.97 Å². The molecule has 0 fully saturated rings. The number of nitrogens with zero attached hydrogens (tertiary/aromatic N) is 5. The Bertz CT molecular complexity index is 1310. The maximum Gasteiger partial charge on any atom is 0.272 e. The monoisotopic (exact) mass is 437 g/mol. The summed E-state index contributed by atoms with van der Waals surface area (Å²) >= 11 is 0. The van der Waals surface area contributed by atoms with Gasteiger partial charge in [-0.2, -0.15) is 14.4 Å². The van der Waals surface area contributed by atoms with E-state index < -0.39 is 5.95 Å². The molecule has 4 heterocycles. The van der Waals surface area contributed by atoms with Crippen LogP contribution in [0.2, 0.25) is 0 Å². The SMILES string of the molecule is COc1cc(C(=O)N(C)C)ncc1Nc1nc(OC)c2c(-c3ccnc(F)c3)c[nH]c2n1. The van der Waals surface area contributed by atoms with Crippen LogP contribution in [0, 0.1) is 5.95 Å². The number of H-pyrrole nitrogens is 1. The van der Waals surface area contributed by atoms with E-state index in [-0.39, 0.29) is 23.4 Å². The highest BCUT2D eigenvalue weighted by atomic mass is 19.1. The number of nitrogens with one attached hydrogen (secondary N) is 2. The number of methoxy groups -OCH3 is 2. The van der Waals surface area contributed by atoms with Crippen LogP contribution in [0.3, 0.4) is 0 Å². The average Bonchev–Trinajstić information content (AvgIpc) is 3.22. The molecule has 0 bridgehead atoms. The molecule has 4 aromatic heterocycles. The van der Waals surface area contributed by atoms with Crippen LogP contribution < -0.4 is 14.8 Å². The average molecular weight is 437 g/mol. The first kappa shape index (κ1) is 21.0. The predicted octanol–water partition coefficient (Wildman–Crippen LogP) is 3.02. The van der Waals surface area contributed by atoms with Crippen LogP contribution in [0.5, 0.6) is 11.6 Å². The highest BCUT2D eigenvalue weighted by Crippen LogP contribution is 2.35. The summed E-state index contributed by atoms with van der Waals surface area (Å²) in [5.41, 5.74) is 2.48. The van der Waals surface area contributed by atoms with Crippen LogP contribution in [-0.4, -0.2) is 64.0 Å². The second-order valence-corrected chi connectivity index (χ2v) is 6.94. The van der Waals surface area contributed by atoms with E-state index in [4.69, 9.17) is 9.47 Å². The van der Waals surface area contributed by atoms with E-state index in [1.807, 2.05) is 0 Å². The third-order valence-corrected chi connectivity index (χ3v) is 4.69. The molecule has 1 amide bonds. The van der Waals surface area contributed by atoms with Gasteiger partial charge in [0.05, 0.1) is 25.8 Å². The molecule has 11 heteroatoms. The number of amides is 1. The van der Waals surface area contributed by atoms with Crippen molar-refractivity contribution in [2.75, 3.05) is 33.6 Å². The maximum atomic E-state index is 13.6. The van der Waals surface area contributed by atoms with Crippen molar-refractivity contribution in [3.8, 4) is 22.8 Å². The predicted molar refractivity (Wildman–Crippen MR) is 116 cm³/mol. The summed E-state index contributed by atoms with van der Waals surface area (Å²) in [6.07, 6.45) is 4.55. The number of hydrogen-bond donors (Lipinski definition) is 2. The van der Waals surface area contributed by atoms with E-state index in [1.54, 1.807) is 26.4 Å². The molecule has 0 aromatic carbocycles. The molecule has 4 rings (SSSR count). The summed E-state index contributed by atoms with van der Waals surface area (Å²) in [6.45, 7) is 0. The number of rotatable bonds is 6. The molecule has 0 aliphatic heterocycles. The third-order valence-electron chi connectivity index (χ3n) is 4.69. The number of aromatic nitrogens is 5. The topological polar surface area (TPSA) is 118 Å². The van der Waals surface area contributed by atoms with Crippen LogP contribution in [0.25, 0.3) is 22.2 Å². The van der Waals surface area contributed by atoms with E-state index in [1.165, 1.54) is 43.6 Å². The van der Waals surface area contributed by atoms with Gasteiger partial charge in [-0.1, -0.05) is 0 Å². The quantitative estimate of drug-likeness (QED) is 0.442. The molecule has 0 aliphatic carbocycles. The zero-order chi connectivity index (χ0) is 22.8. The third kappa shape index (κ3) is 3.87. The van der Waals surface area contributed by atoms with Gasteiger partial charge in [0, 0.05) is 44.2 Å². The van der Waals surface area contributed by atoms with Gasteiger partial charge in [-0.15, -0.1) is 0 Å². The Hall–Kier alpha value is -4.28. The second kappa shape index (κ2) is 8.46. The maximum absolute atomic E-state index is 13.6. The second-order valence-electron chi connectivity index (χ2n) is 6.94. The molecule has 4 aromatic rings.